The molecule has 0 saturated heterocycles. The Balaban J connectivity index is 1.92. The SMILES string of the molecule is CCCCNC(=O)c1ccc(NC(=O)c2cccs2)cc1. The molecule has 1 aromatic carbocycles. The van der Waals surface area contributed by atoms with Crippen molar-refractivity contribution in [2.24, 2.45) is 0 Å². The minimum atomic E-state index is -0.134. The highest BCUT2D eigenvalue weighted by molar-refractivity contribution is 7.12. The molecule has 21 heavy (non-hydrogen) atoms. The summed E-state index contributed by atoms with van der Waals surface area (Å²) in [7, 11) is 0. The van der Waals surface area contributed by atoms with Crippen LogP contribution < -0.4 is 10.6 Å². The summed E-state index contributed by atoms with van der Waals surface area (Å²) in [5.41, 5.74) is 1.28. The molecule has 5 heteroatoms. The molecule has 0 bridgehead atoms. The van der Waals surface area contributed by atoms with Gasteiger partial charge in [-0.1, -0.05) is 19.4 Å². The van der Waals surface area contributed by atoms with Crippen LogP contribution >= 0.6 is 11.3 Å². The van der Waals surface area contributed by atoms with Crippen LogP contribution in [0.4, 0.5) is 5.69 Å². The molecule has 2 amide bonds. The predicted octanol–water partition coefficient (Wildman–Crippen LogP) is 3.53. The molecule has 0 fully saturated rings. The smallest absolute Gasteiger partial charge is 0.265 e. The van der Waals surface area contributed by atoms with E-state index in [4.69, 9.17) is 0 Å². The first kappa shape index (κ1) is 15.3. The molecule has 0 spiro atoms. The maximum atomic E-state index is 11.9. The molecule has 0 aliphatic rings. The summed E-state index contributed by atoms with van der Waals surface area (Å²) in [6.45, 7) is 2.77. The van der Waals surface area contributed by atoms with Crippen molar-refractivity contribution in [2.45, 2.75) is 19.8 Å². The van der Waals surface area contributed by atoms with E-state index in [9.17, 15) is 9.59 Å². The number of hydrogen-bond acceptors (Lipinski definition) is 3. The number of unbranched alkanes of at least 4 members (excludes halogenated alkanes) is 1. The van der Waals surface area contributed by atoms with Gasteiger partial charge in [0.2, 0.25) is 0 Å². The van der Waals surface area contributed by atoms with E-state index in [-0.39, 0.29) is 11.8 Å². The van der Waals surface area contributed by atoms with Gasteiger partial charge < -0.3 is 10.6 Å². The van der Waals surface area contributed by atoms with Gasteiger partial charge in [0.05, 0.1) is 4.88 Å². The van der Waals surface area contributed by atoms with Crippen molar-refractivity contribution in [3.05, 3.63) is 52.2 Å². The summed E-state index contributed by atoms with van der Waals surface area (Å²) in [6.07, 6.45) is 2.02. The average molecular weight is 302 g/mol. The van der Waals surface area contributed by atoms with Crippen LogP contribution in [0.3, 0.4) is 0 Å². The Bertz CT molecular complexity index is 591. The molecule has 0 unspecified atom stereocenters. The fourth-order valence-corrected chi connectivity index (χ4v) is 2.41. The van der Waals surface area contributed by atoms with Crippen LogP contribution in [0, 0.1) is 0 Å². The number of benzene rings is 1. The van der Waals surface area contributed by atoms with Gasteiger partial charge in [0.1, 0.15) is 0 Å². The lowest BCUT2D eigenvalue weighted by Gasteiger charge is -2.06. The highest BCUT2D eigenvalue weighted by atomic mass is 32.1. The number of hydrogen-bond donors (Lipinski definition) is 2. The molecule has 0 atom stereocenters. The lowest BCUT2D eigenvalue weighted by molar-refractivity contribution is 0.0952. The van der Waals surface area contributed by atoms with Crippen molar-refractivity contribution in [1.82, 2.24) is 5.32 Å². The van der Waals surface area contributed by atoms with E-state index in [1.807, 2.05) is 11.4 Å². The largest absolute Gasteiger partial charge is 0.352 e. The predicted molar refractivity (Wildman–Crippen MR) is 86.0 cm³/mol. The third-order valence-electron chi connectivity index (χ3n) is 2.97. The zero-order valence-electron chi connectivity index (χ0n) is 11.9. The first-order valence-electron chi connectivity index (χ1n) is 6.94. The van der Waals surface area contributed by atoms with E-state index in [2.05, 4.69) is 17.6 Å². The molecule has 2 aromatic rings. The summed E-state index contributed by atoms with van der Waals surface area (Å²) >= 11 is 1.39. The van der Waals surface area contributed by atoms with E-state index in [0.29, 0.717) is 22.7 Å². The van der Waals surface area contributed by atoms with Gasteiger partial charge in [-0.2, -0.15) is 0 Å². The molecule has 2 N–H and O–H groups in total. The normalized spacial score (nSPS) is 10.1. The molecule has 0 radical (unpaired) electrons. The standard InChI is InChI=1S/C16H18N2O2S/c1-2-3-10-17-15(19)12-6-8-13(9-7-12)18-16(20)14-5-4-11-21-14/h4-9,11H,2-3,10H2,1H3,(H,17,19)(H,18,20). The minimum Gasteiger partial charge on any atom is -0.352 e. The van der Waals surface area contributed by atoms with Crippen LogP contribution in [0.5, 0.6) is 0 Å². The van der Waals surface area contributed by atoms with Crippen LogP contribution in [-0.4, -0.2) is 18.4 Å². The van der Waals surface area contributed by atoms with E-state index in [1.54, 1.807) is 30.3 Å². The maximum Gasteiger partial charge on any atom is 0.265 e. The van der Waals surface area contributed by atoms with Crippen molar-refractivity contribution in [1.29, 1.82) is 0 Å². The second kappa shape index (κ2) is 7.59. The van der Waals surface area contributed by atoms with Crippen LogP contribution in [0.2, 0.25) is 0 Å². The maximum absolute atomic E-state index is 11.9. The monoisotopic (exact) mass is 302 g/mol. The zero-order valence-corrected chi connectivity index (χ0v) is 12.7. The second-order valence-electron chi connectivity index (χ2n) is 4.62. The van der Waals surface area contributed by atoms with Crippen molar-refractivity contribution >= 4 is 28.8 Å². The molecule has 1 aromatic heterocycles. The summed E-state index contributed by atoms with van der Waals surface area (Å²) in [5.74, 6) is -0.218. The third kappa shape index (κ3) is 4.43. The lowest BCUT2D eigenvalue weighted by atomic mass is 10.2. The Hall–Kier alpha value is -2.14. The van der Waals surface area contributed by atoms with Gasteiger partial charge in [-0.15, -0.1) is 11.3 Å². The molecular formula is C16H18N2O2S. The van der Waals surface area contributed by atoms with Crippen molar-refractivity contribution in [3.63, 3.8) is 0 Å². The first-order valence-corrected chi connectivity index (χ1v) is 7.82. The van der Waals surface area contributed by atoms with E-state index in [1.165, 1.54) is 11.3 Å². The first-order chi connectivity index (χ1) is 10.2. The number of nitrogens with one attached hydrogen (secondary N) is 2. The van der Waals surface area contributed by atoms with Gasteiger partial charge in [-0.05, 0) is 42.1 Å². The summed E-state index contributed by atoms with van der Waals surface area (Å²) < 4.78 is 0. The molecule has 110 valence electrons. The fourth-order valence-electron chi connectivity index (χ4n) is 1.79. The molecule has 2 rings (SSSR count). The van der Waals surface area contributed by atoms with Crippen molar-refractivity contribution < 1.29 is 9.59 Å². The Morgan fingerprint density at radius 2 is 1.86 bits per heavy atom. The highest BCUT2D eigenvalue weighted by Crippen LogP contribution is 2.14. The zero-order chi connectivity index (χ0) is 15.1. The summed E-state index contributed by atoms with van der Waals surface area (Å²) in [4.78, 5) is 24.4. The van der Waals surface area contributed by atoms with Crippen molar-refractivity contribution in [2.75, 3.05) is 11.9 Å². The Morgan fingerprint density at radius 1 is 1.10 bits per heavy atom. The van der Waals surface area contributed by atoms with E-state index in [0.717, 1.165) is 12.8 Å². The molecule has 0 aliphatic heterocycles. The Kier molecular flexibility index (Phi) is 5.51. The molecule has 0 aliphatic carbocycles. The van der Waals surface area contributed by atoms with Gasteiger partial charge in [0, 0.05) is 17.8 Å². The van der Waals surface area contributed by atoms with E-state index < -0.39 is 0 Å². The third-order valence-corrected chi connectivity index (χ3v) is 3.83. The quantitative estimate of drug-likeness (QED) is 0.802. The average Bonchev–Trinajstić information content (AvgIpc) is 3.02. The van der Waals surface area contributed by atoms with Gasteiger partial charge in [0.15, 0.2) is 0 Å². The summed E-state index contributed by atoms with van der Waals surface area (Å²) in [6, 6.07) is 10.5. The number of carbonyl (C=O) groups is 2. The summed E-state index contributed by atoms with van der Waals surface area (Å²) in [5, 5.41) is 7.52. The van der Waals surface area contributed by atoms with Gasteiger partial charge in [-0.25, -0.2) is 0 Å². The number of amides is 2. The second-order valence-corrected chi connectivity index (χ2v) is 5.57. The van der Waals surface area contributed by atoms with Crippen molar-refractivity contribution in [3.8, 4) is 0 Å². The number of thiophene rings is 1. The Morgan fingerprint density at radius 3 is 2.48 bits per heavy atom. The number of rotatable bonds is 6. The van der Waals surface area contributed by atoms with Gasteiger partial charge in [-0.3, -0.25) is 9.59 Å². The lowest BCUT2D eigenvalue weighted by Crippen LogP contribution is -2.24. The number of anilines is 1. The molecule has 1 heterocycles. The number of carbonyl (C=O) groups excluding carboxylic acids is 2. The molecular weight excluding hydrogens is 284 g/mol. The molecule has 4 nitrogen and oxygen atoms in total. The van der Waals surface area contributed by atoms with Crippen LogP contribution in [0.1, 0.15) is 39.8 Å². The fraction of sp³-hybridized carbons (Fsp3) is 0.250. The minimum absolute atomic E-state index is 0.0837. The van der Waals surface area contributed by atoms with Crippen LogP contribution in [-0.2, 0) is 0 Å². The van der Waals surface area contributed by atoms with Crippen LogP contribution in [0.25, 0.3) is 0 Å². The van der Waals surface area contributed by atoms with Crippen LogP contribution in [0.15, 0.2) is 41.8 Å². The van der Waals surface area contributed by atoms with Gasteiger partial charge in [0.25, 0.3) is 11.8 Å². The van der Waals surface area contributed by atoms with Gasteiger partial charge >= 0.3 is 0 Å². The molecule has 0 saturated carbocycles. The van der Waals surface area contributed by atoms with E-state index >= 15 is 0 Å². The topological polar surface area (TPSA) is 58.2 Å². The highest BCUT2D eigenvalue weighted by Gasteiger charge is 2.08. The Labute approximate surface area is 128 Å².